The van der Waals surface area contributed by atoms with Crippen molar-refractivity contribution >= 4 is 23.1 Å². The van der Waals surface area contributed by atoms with Gasteiger partial charge >= 0.3 is 0 Å². The molecule has 4 aromatic rings. The number of amides is 2. The number of benzene rings is 1. The summed E-state index contributed by atoms with van der Waals surface area (Å²) >= 11 is 0. The molecule has 0 bridgehead atoms. The third-order valence-electron chi connectivity index (χ3n) is 6.57. The second-order valence-electron chi connectivity index (χ2n) is 8.87. The Morgan fingerprint density at radius 3 is 2.73 bits per heavy atom. The summed E-state index contributed by atoms with van der Waals surface area (Å²) in [6, 6.07) is 12.1. The Bertz CT molecular complexity index is 1550. The third-order valence-corrected chi connectivity index (χ3v) is 6.57. The van der Waals surface area contributed by atoms with E-state index >= 15 is 0 Å². The van der Waals surface area contributed by atoms with Crippen molar-refractivity contribution in [2.75, 3.05) is 11.9 Å². The zero-order valence-electron chi connectivity index (χ0n) is 20.4. The third kappa shape index (κ3) is 4.57. The normalized spacial score (nSPS) is 15.2. The van der Waals surface area contributed by atoms with Gasteiger partial charge in [-0.15, -0.1) is 0 Å². The molecular weight excluding hydrogens is 466 g/mol. The van der Waals surface area contributed by atoms with Gasteiger partial charge in [-0.3, -0.25) is 19.0 Å². The molecule has 0 unspecified atom stereocenters. The number of aryl methyl sites for hydroxylation is 1. The number of carbonyl (C=O) groups is 2. The number of carbonyl (C=O) groups excluding carboxylic acids is 2. The fraction of sp³-hybridized carbons (Fsp3) is 0.214. The Labute approximate surface area is 214 Å². The summed E-state index contributed by atoms with van der Waals surface area (Å²) in [5, 5.41) is 11.8. The van der Waals surface area contributed by atoms with Crippen LogP contribution in [0.1, 0.15) is 52.7 Å². The Morgan fingerprint density at radius 2 is 1.97 bits per heavy atom. The number of nitrogens with one attached hydrogen (secondary N) is 1. The summed E-state index contributed by atoms with van der Waals surface area (Å²) in [6.45, 7) is 6.27. The van der Waals surface area contributed by atoms with Crippen LogP contribution in [0.4, 0.5) is 5.82 Å². The zero-order valence-corrected chi connectivity index (χ0v) is 20.4. The molecule has 2 amide bonds. The highest BCUT2D eigenvalue weighted by molar-refractivity contribution is 6.04. The molecule has 37 heavy (non-hydrogen) atoms. The van der Waals surface area contributed by atoms with Crippen molar-refractivity contribution in [3.05, 3.63) is 90.3 Å². The van der Waals surface area contributed by atoms with Gasteiger partial charge in [0.15, 0.2) is 0 Å². The average Bonchev–Trinajstić information content (AvgIpc) is 3.33. The van der Waals surface area contributed by atoms with Crippen LogP contribution in [-0.2, 0) is 4.79 Å². The van der Waals surface area contributed by atoms with Crippen LogP contribution in [0, 0.1) is 18.3 Å². The molecule has 1 fully saturated rings. The number of nitriles is 1. The Morgan fingerprint density at radius 1 is 1.16 bits per heavy atom. The van der Waals surface area contributed by atoms with Crippen LogP contribution in [0.25, 0.3) is 16.8 Å². The lowest BCUT2D eigenvalue weighted by Gasteiger charge is -2.34. The van der Waals surface area contributed by atoms with E-state index in [1.54, 1.807) is 24.4 Å². The maximum Gasteiger partial charge on any atom is 0.256 e. The van der Waals surface area contributed by atoms with Crippen LogP contribution >= 0.6 is 0 Å². The fourth-order valence-electron chi connectivity index (χ4n) is 4.77. The summed E-state index contributed by atoms with van der Waals surface area (Å²) in [6.07, 6.45) is 9.23. The predicted molar refractivity (Wildman–Crippen MR) is 139 cm³/mol. The molecule has 1 atom stereocenters. The molecule has 4 heterocycles. The molecule has 1 aliphatic rings. The van der Waals surface area contributed by atoms with E-state index in [1.807, 2.05) is 40.6 Å². The topological polar surface area (TPSA) is 116 Å². The molecule has 5 rings (SSSR count). The van der Waals surface area contributed by atoms with E-state index in [2.05, 4.69) is 21.9 Å². The molecule has 9 nitrogen and oxygen atoms in total. The van der Waals surface area contributed by atoms with Crippen molar-refractivity contribution in [3.63, 3.8) is 0 Å². The lowest BCUT2D eigenvalue weighted by Crippen LogP contribution is -2.38. The van der Waals surface area contributed by atoms with E-state index in [9.17, 15) is 9.59 Å². The molecule has 1 N–H and O–H groups in total. The lowest BCUT2D eigenvalue weighted by molar-refractivity contribution is -0.129. The highest BCUT2D eigenvalue weighted by Gasteiger charge is 2.31. The molecule has 9 heteroatoms. The molecular formula is C28H25N7O2. The summed E-state index contributed by atoms with van der Waals surface area (Å²) in [4.78, 5) is 40.8. The minimum absolute atomic E-state index is 0.0982. The first-order valence-electron chi connectivity index (χ1n) is 12.0. The van der Waals surface area contributed by atoms with Gasteiger partial charge in [0.1, 0.15) is 11.6 Å². The van der Waals surface area contributed by atoms with Crippen LogP contribution < -0.4 is 5.32 Å². The van der Waals surface area contributed by atoms with Crippen molar-refractivity contribution in [3.8, 4) is 17.3 Å². The molecule has 1 saturated heterocycles. The Balaban J connectivity index is 1.49. The number of aromatic nitrogens is 4. The standard InChI is InChI=1S/C28H25N7O2/c1-3-24(36)34-14-5-4-6-22(34)27-33-25(26-18(2)30-13-15-35(26)27)20-7-9-21(10-8-20)28(37)32-23-16-19(17-29)11-12-31-23/h3,7-13,15-16,22H,1,4-6,14H2,2H3,(H,31,32,37)/t22-/m0/s1. The first-order valence-corrected chi connectivity index (χ1v) is 12.0. The van der Waals surface area contributed by atoms with Gasteiger partial charge in [-0.25, -0.2) is 9.97 Å². The first-order chi connectivity index (χ1) is 18.0. The Kier molecular flexibility index (Phi) is 6.47. The maximum atomic E-state index is 12.8. The fourth-order valence-corrected chi connectivity index (χ4v) is 4.77. The summed E-state index contributed by atoms with van der Waals surface area (Å²) in [7, 11) is 0. The number of hydrogen-bond donors (Lipinski definition) is 1. The van der Waals surface area contributed by atoms with Gasteiger partial charge < -0.3 is 10.2 Å². The van der Waals surface area contributed by atoms with Crippen molar-refractivity contribution < 1.29 is 9.59 Å². The van der Waals surface area contributed by atoms with E-state index in [0.29, 0.717) is 23.5 Å². The number of pyridine rings is 1. The molecule has 1 aromatic carbocycles. The van der Waals surface area contributed by atoms with Crippen molar-refractivity contribution in [2.45, 2.75) is 32.2 Å². The number of imidazole rings is 1. The van der Waals surface area contributed by atoms with Crippen LogP contribution in [0.5, 0.6) is 0 Å². The quantitative estimate of drug-likeness (QED) is 0.412. The molecule has 184 valence electrons. The summed E-state index contributed by atoms with van der Waals surface area (Å²) < 4.78 is 2.02. The van der Waals surface area contributed by atoms with Gasteiger partial charge in [0.25, 0.3) is 5.91 Å². The highest BCUT2D eigenvalue weighted by Crippen LogP contribution is 2.35. The molecule has 0 spiro atoms. The minimum atomic E-state index is -0.330. The number of piperidine rings is 1. The smallest absolute Gasteiger partial charge is 0.256 e. The largest absolute Gasteiger partial charge is 0.329 e. The number of nitrogens with zero attached hydrogens (tertiary/aromatic N) is 6. The highest BCUT2D eigenvalue weighted by atomic mass is 16.2. The van der Waals surface area contributed by atoms with Gasteiger partial charge in [-0.05, 0) is 56.5 Å². The van der Waals surface area contributed by atoms with Crippen molar-refractivity contribution in [1.82, 2.24) is 24.3 Å². The van der Waals surface area contributed by atoms with Crippen molar-refractivity contribution in [2.24, 2.45) is 0 Å². The molecule has 1 aliphatic heterocycles. The second kappa shape index (κ2) is 10.0. The number of likely N-dealkylation sites (tertiary alicyclic amines) is 1. The molecule has 3 aromatic heterocycles. The van der Waals surface area contributed by atoms with E-state index in [1.165, 1.54) is 18.3 Å². The van der Waals surface area contributed by atoms with Gasteiger partial charge in [-0.2, -0.15) is 5.26 Å². The van der Waals surface area contributed by atoms with Gasteiger partial charge in [0.05, 0.1) is 34.6 Å². The molecule has 0 saturated carbocycles. The van der Waals surface area contributed by atoms with E-state index in [4.69, 9.17) is 10.2 Å². The van der Waals surface area contributed by atoms with Crippen LogP contribution in [-0.4, -0.2) is 42.6 Å². The predicted octanol–water partition coefficient (Wildman–Crippen LogP) is 4.46. The van der Waals surface area contributed by atoms with Gasteiger partial charge in [0, 0.05) is 36.3 Å². The van der Waals surface area contributed by atoms with E-state index < -0.39 is 0 Å². The number of fused-ring (bicyclic) bond motifs is 1. The molecule has 0 radical (unpaired) electrons. The lowest BCUT2D eigenvalue weighted by atomic mass is 10.0. The number of hydrogen-bond acceptors (Lipinski definition) is 6. The average molecular weight is 492 g/mol. The summed E-state index contributed by atoms with van der Waals surface area (Å²) in [5.41, 5.74) is 4.12. The van der Waals surface area contributed by atoms with E-state index in [0.717, 1.165) is 47.6 Å². The summed E-state index contributed by atoms with van der Waals surface area (Å²) in [5.74, 6) is 0.670. The minimum Gasteiger partial charge on any atom is -0.329 e. The van der Waals surface area contributed by atoms with Crippen LogP contribution in [0.2, 0.25) is 0 Å². The van der Waals surface area contributed by atoms with Crippen molar-refractivity contribution in [1.29, 1.82) is 5.26 Å². The SMILES string of the molecule is C=CC(=O)N1CCCC[C@H]1c1nc(-c2ccc(C(=O)Nc3cc(C#N)ccn3)cc2)c2c(C)nccn12. The monoisotopic (exact) mass is 491 g/mol. The molecule has 0 aliphatic carbocycles. The van der Waals surface area contributed by atoms with Gasteiger partial charge in [-0.1, -0.05) is 18.7 Å². The number of rotatable bonds is 5. The number of anilines is 1. The maximum absolute atomic E-state index is 12.8. The van der Waals surface area contributed by atoms with Gasteiger partial charge in [0.2, 0.25) is 5.91 Å². The zero-order chi connectivity index (χ0) is 25.9. The first kappa shape index (κ1) is 23.9. The Hall–Kier alpha value is -4.84. The van der Waals surface area contributed by atoms with Crippen LogP contribution in [0.3, 0.4) is 0 Å². The van der Waals surface area contributed by atoms with Crippen LogP contribution in [0.15, 0.2) is 67.6 Å². The second-order valence-corrected chi connectivity index (χ2v) is 8.87. The van der Waals surface area contributed by atoms with E-state index in [-0.39, 0.29) is 17.9 Å².